The monoisotopic (exact) mass is 418 g/mol. The Bertz CT molecular complexity index is 884. The first kappa shape index (κ1) is 22.2. The lowest BCUT2D eigenvalue weighted by molar-refractivity contribution is -0.192. The van der Waals surface area contributed by atoms with Gasteiger partial charge in [-0.15, -0.1) is 15.0 Å². The Morgan fingerprint density at radius 3 is 2.48 bits per heavy atom. The fraction of sp³-hybridized carbons (Fsp3) is 0.438. The van der Waals surface area contributed by atoms with Crippen LogP contribution in [0, 0.1) is 5.82 Å². The van der Waals surface area contributed by atoms with E-state index < -0.39 is 18.0 Å². The largest absolute Gasteiger partial charge is 0.490 e. The van der Waals surface area contributed by atoms with Gasteiger partial charge in [-0.3, -0.25) is 4.79 Å². The van der Waals surface area contributed by atoms with Crippen LogP contribution in [0.4, 0.5) is 17.6 Å². The molecule has 0 bridgehead atoms. The Hall–Kier alpha value is -3.09. The number of carboxylic acid groups (broad SMARTS) is 1. The molecule has 0 radical (unpaired) electrons. The number of hydrogen-bond donors (Lipinski definition) is 2. The number of amides is 1. The zero-order valence-corrected chi connectivity index (χ0v) is 15.4. The molecule has 2 aromatic rings. The van der Waals surface area contributed by atoms with Gasteiger partial charge in [0.05, 0.1) is 11.2 Å². The van der Waals surface area contributed by atoms with Crippen molar-refractivity contribution in [3.05, 3.63) is 35.9 Å². The van der Waals surface area contributed by atoms with Crippen molar-refractivity contribution in [2.75, 3.05) is 19.6 Å². The van der Waals surface area contributed by atoms with Crippen molar-refractivity contribution >= 4 is 11.9 Å². The number of rotatable bonds is 2. The van der Waals surface area contributed by atoms with Crippen molar-refractivity contribution < 1.29 is 32.3 Å². The molecule has 2 heterocycles. The zero-order chi connectivity index (χ0) is 21.8. The van der Waals surface area contributed by atoms with Crippen molar-refractivity contribution in [2.24, 2.45) is 0 Å². The standard InChI is InChI=1S/C14H17FN6O.C2HF3O2/c1-14(2)9-16-6-7-20(14)13(22)12-17-19-21(18-12)11-5-3-4-10(15)8-11;3-2(4,5)1(6)7/h3-5,8,16H,6-7,9H2,1-2H3;(H,6,7). The number of nitrogens with zero attached hydrogens (tertiary/aromatic N) is 5. The molecule has 1 amide bonds. The SMILES string of the molecule is CC1(C)CNCCN1C(=O)c1nnn(-c2cccc(F)c2)n1.O=C(O)C(F)(F)F. The summed E-state index contributed by atoms with van der Waals surface area (Å²) in [5.74, 6) is -3.41. The molecule has 0 spiro atoms. The fourth-order valence-electron chi connectivity index (χ4n) is 2.49. The summed E-state index contributed by atoms with van der Waals surface area (Å²) in [5.41, 5.74) is 0.103. The van der Waals surface area contributed by atoms with Crippen molar-refractivity contribution in [1.29, 1.82) is 0 Å². The highest BCUT2D eigenvalue weighted by molar-refractivity contribution is 5.90. The van der Waals surface area contributed by atoms with Crippen LogP contribution in [-0.2, 0) is 4.79 Å². The Morgan fingerprint density at radius 1 is 1.28 bits per heavy atom. The van der Waals surface area contributed by atoms with E-state index in [2.05, 4.69) is 20.7 Å². The molecule has 1 aromatic heterocycles. The van der Waals surface area contributed by atoms with E-state index in [9.17, 15) is 22.4 Å². The summed E-state index contributed by atoms with van der Waals surface area (Å²) in [6, 6.07) is 5.81. The third-order valence-electron chi connectivity index (χ3n) is 3.93. The van der Waals surface area contributed by atoms with Crippen LogP contribution in [0.25, 0.3) is 5.69 Å². The highest BCUT2D eigenvalue weighted by Gasteiger charge is 2.38. The van der Waals surface area contributed by atoms with Crippen LogP contribution < -0.4 is 5.32 Å². The summed E-state index contributed by atoms with van der Waals surface area (Å²) < 4.78 is 45.0. The van der Waals surface area contributed by atoms with Crippen LogP contribution >= 0.6 is 0 Å². The van der Waals surface area contributed by atoms with Crippen LogP contribution in [0.2, 0.25) is 0 Å². The quantitative estimate of drug-likeness (QED) is 0.706. The third kappa shape index (κ3) is 5.70. The summed E-state index contributed by atoms with van der Waals surface area (Å²) in [6.07, 6.45) is -5.08. The smallest absolute Gasteiger partial charge is 0.475 e. The number of aliphatic carboxylic acids is 1. The van der Waals surface area contributed by atoms with Gasteiger partial charge in [-0.2, -0.15) is 13.2 Å². The van der Waals surface area contributed by atoms with E-state index >= 15 is 0 Å². The minimum atomic E-state index is -5.08. The number of nitrogens with one attached hydrogen (secondary N) is 1. The molecule has 0 saturated carbocycles. The Kier molecular flexibility index (Phi) is 6.51. The second-order valence-electron chi connectivity index (χ2n) is 6.63. The second-order valence-corrected chi connectivity index (χ2v) is 6.63. The van der Waals surface area contributed by atoms with E-state index in [1.54, 1.807) is 17.0 Å². The van der Waals surface area contributed by atoms with Crippen LogP contribution in [0.1, 0.15) is 24.5 Å². The van der Waals surface area contributed by atoms with E-state index in [4.69, 9.17) is 9.90 Å². The Balaban J connectivity index is 0.000000370. The molecule has 29 heavy (non-hydrogen) atoms. The number of carbonyl (C=O) groups excluding carboxylic acids is 1. The predicted molar refractivity (Wildman–Crippen MR) is 90.8 cm³/mol. The first-order valence-corrected chi connectivity index (χ1v) is 8.30. The molecular formula is C16H18F4N6O3. The lowest BCUT2D eigenvalue weighted by Gasteiger charge is -2.42. The van der Waals surface area contributed by atoms with Gasteiger partial charge in [0, 0.05) is 25.7 Å². The van der Waals surface area contributed by atoms with Crippen molar-refractivity contribution in [3.8, 4) is 5.69 Å². The minimum Gasteiger partial charge on any atom is -0.475 e. The van der Waals surface area contributed by atoms with Gasteiger partial charge in [-0.25, -0.2) is 9.18 Å². The molecule has 1 saturated heterocycles. The van der Waals surface area contributed by atoms with E-state index in [0.29, 0.717) is 18.8 Å². The lowest BCUT2D eigenvalue weighted by Crippen LogP contribution is -2.60. The van der Waals surface area contributed by atoms with Crippen LogP contribution in [0.5, 0.6) is 0 Å². The molecule has 9 nitrogen and oxygen atoms in total. The van der Waals surface area contributed by atoms with Gasteiger partial charge in [0.15, 0.2) is 0 Å². The molecular weight excluding hydrogens is 400 g/mol. The average Bonchev–Trinajstić information content (AvgIpc) is 3.11. The van der Waals surface area contributed by atoms with E-state index in [1.807, 2.05) is 13.8 Å². The Morgan fingerprint density at radius 2 is 1.93 bits per heavy atom. The van der Waals surface area contributed by atoms with Gasteiger partial charge in [0.2, 0.25) is 0 Å². The molecule has 0 aliphatic carbocycles. The van der Waals surface area contributed by atoms with Gasteiger partial charge < -0.3 is 15.3 Å². The molecule has 1 aliphatic rings. The average molecular weight is 418 g/mol. The summed E-state index contributed by atoms with van der Waals surface area (Å²) in [6.45, 7) is 5.98. The Labute approximate surface area is 162 Å². The summed E-state index contributed by atoms with van der Waals surface area (Å²) >= 11 is 0. The van der Waals surface area contributed by atoms with E-state index in [0.717, 1.165) is 11.3 Å². The van der Waals surface area contributed by atoms with Crippen molar-refractivity contribution in [3.63, 3.8) is 0 Å². The van der Waals surface area contributed by atoms with Gasteiger partial charge >= 0.3 is 12.1 Å². The van der Waals surface area contributed by atoms with Crippen LogP contribution in [0.15, 0.2) is 24.3 Å². The number of alkyl halides is 3. The molecule has 0 atom stereocenters. The number of hydrogen-bond acceptors (Lipinski definition) is 6. The van der Waals surface area contributed by atoms with E-state index in [1.165, 1.54) is 12.1 Å². The van der Waals surface area contributed by atoms with Crippen molar-refractivity contribution in [1.82, 2.24) is 30.4 Å². The number of aromatic nitrogens is 4. The number of carbonyl (C=O) groups is 2. The maximum Gasteiger partial charge on any atom is 0.490 e. The maximum absolute atomic E-state index is 13.2. The third-order valence-corrected chi connectivity index (χ3v) is 3.93. The maximum atomic E-state index is 13.2. The normalized spacial score (nSPS) is 16.0. The molecule has 158 valence electrons. The first-order valence-electron chi connectivity index (χ1n) is 8.30. The summed E-state index contributed by atoms with van der Waals surface area (Å²) in [7, 11) is 0. The summed E-state index contributed by atoms with van der Waals surface area (Å²) in [5, 5.41) is 22.1. The highest BCUT2D eigenvalue weighted by atomic mass is 19.4. The highest BCUT2D eigenvalue weighted by Crippen LogP contribution is 2.18. The molecule has 1 aliphatic heterocycles. The van der Waals surface area contributed by atoms with Crippen molar-refractivity contribution in [2.45, 2.75) is 25.6 Å². The minimum absolute atomic E-state index is 0.0132. The number of carboxylic acids is 1. The number of benzene rings is 1. The van der Waals surface area contributed by atoms with Gasteiger partial charge in [-0.05, 0) is 31.2 Å². The zero-order valence-electron chi connectivity index (χ0n) is 15.4. The van der Waals surface area contributed by atoms with Crippen LogP contribution in [-0.4, -0.2) is 73.4 Å². The molecule has 1 aromatic carbocycles. The van der Waals surface area contributed by atoms with Gasteiger partial charge in [0.25, 0.3) is 11.7 Å². The van der Waals surface area contributed by atoms with Crippen LogP contribution in [0.3, 0.4) is 0 Å². The number of halogens is 4. The first-order chi connectivity index (χ1) is 13.4. The molecule has 3 rings (SSSR count). The summed E-state index contributed by atoms with van der Waals surface area (Å²) in [4.78, 5) is 24.4. The molecule has 2 N–H and O–H groups in total. The lowest BCUT2D eigenvalue weighted by atomic mass is 10.00. The number of piperazine rings is 1. The van der Waals surface area contributed by atoms with Gasteiger partial charge in [0.1, 0.15) is 5.82 Å². The fourth-order valence-corrected chi connectivity index (χ4v) is 2.49. The van der Waals surface area contributed by atoms with E-state index in [-0.39, 0.29) is 17.3 Å². The van der Waals surface area contributed by atoms with Gasteiger partial charge in [-0.1, -0.05) is 6.07 Å². The topological polar surface area (TPSA) is 113 Å². The molecule has 13 heteroatoms. The number of tetrazole rings is 1. The molecule has 0 unspecified atom stereocenters. The predicted octanol–water partition coefficient (Wildman–Crippen LogP) is 1.26. The second kappa shape index (κ2) is 8.51. The molecule has 1 fully saturated rings.